The highest BCUT2D eigenvalue weighted by Crippen LogP contribution is 2.16. The molecule has 0 amide bonds. The van der Waals surface area contributed by atoms with Crippen molar-refractivity contribution in [2.24, 2.45) is 0 Å². The number of hydrogen-bond acceptors (Lipinski definition) is 1. The van der Waals surface area contributed by atoms with Crippen LogP contribution in [-0.2, 0) is 0 Å². The van der Waals surface area contributed by atoms with Crippen molar-refractivity contribution in [1.82, 2.24) is 4.98 Å². The minimum Gasteiger partial charge on any atom is -0.258 e. The van der Waals surface area contributed by atoms with Gasteiger partial charge in [0.15, 0.2) is 0 Å². The summed E-state index contributed by atoms with van der Waals surface area (Å²) in [5, 5.41) is 0. The van der Waals surface area contributed by atoms with E-state index in [0.717, 1.165) is 22.5 Å². The van der Waals surface area contributed by atoms with Crippen LogP contribution in [0.25, 0.3) is 12.2 Å². The molecule has 0 bridgehead atoms. The topological polar surface area (TPSA) is 12.9 Å². The fourth-order valence-electron chi connectivity index (χ4n) is 1.30. The van der Waals surface area contributed by atoms with Gasteiger partial charge in [-0.05, 0) is 25.5 Å². The second-order valence-corrected chi connectivity index (χ2v) is 2.76. The number of aryl methyl sites for hydroxylation is 2. The monoisotopic (exact) mass is 159 g/mol. The lowest BCUT2D eigenvalue weighted by Gasteiger charge is -2.05. The highest BCUT2D eigenvalue weighted by molar-refractivity contribution is 5.65. The molecule has 0 spiro atoms. The van der Waals surface area contributed by atoms with E-state index < -0.39 is 0 Å². The minimum atomic E-state index is 1.01. The molecule has 62 valence electrons. The molecule has 1 heteroatoms. The van der Waals surface area contributed by atoms with E-state index in [1.54, 1.807) is 0 Å². The number of hydrogen-bond donors (Lipinski definition) is 0. The lowest BCUT2D eigenvalue weighted by Crippen LogP contribution is -1.93. The first-order chi connectivity index (χ1) is 5.69. The molecule has 1 heterocycles. The molecule has 0 saturated heterocycles. The molecule has 0 N–H and O–H groups in total. The Balaban J connectivity index is 3.43. The van der Waals surface area contributed by atoms with Crippen molar-refractivity contribution in [3.05, 3.63) is 41.7 Å². The molecular formula is C11H13N. The Bertz CT molecular complexity index is 324. The normalized spacial score (nSPS) is 9.50. The SMILES string of the molecule is C=Cc1cc(C)nc(C)c1C=C. The molecule has 0 unspecified atom stereocenters. The summed E-state index contributed by atoms with van der Waals surface area (Å²) in [5.41, 5.74) is 4.22. The standard InChI is InChI=1S/C11H13N/c1-5-10-7-8(3)12-9(4)11(10)6-2/h5-7H,1-2H2,3-4H3. The second-order valence-electron chi connectivity index (χ2n) is 2.76. The number of nitrogens with zero attached hydrogens (tertiary/aromatic N) is 1. The Labute approximate surface area is 73.5 Å². The van der Waals surface area contributed by atoms with Gasteiger partial charge in [0.25, 0.3) is 0 Å². The van der Waals surface area contributed by atoms with Gasteiger partial charge in [0, 0.05) is 17.0 Å². The summed E-state index contributed by atoms with van der Waals surface area (Å²) >= 11 is 0. The van der Waals surface area contributed by atoms with Gasteiger partial charge in [-0.25, -0.2) is 0 Å². The average Bonchev–Trinajstić information content (AvgIpc) is 2.03. The van der Waals surface area contributed by atoms with Crippen molar-refractivity contribution in [3.63, 3.8) is 0 Å². The summed E-state index contributed by atoms with van der Waals surface area (Å²) in [6.45, 7) is 11.5. The van der Waals surface area contributed by atoms with Crippen molar-refractivity contribution in [2.45, 2.75) is 13.8 Å². The van der Waals surface area contributed by atoms with Crippen LogP contribution >= 0.6 is 0 Å². The molecule has 1 aromatic heterocycles. The van der Waals surface area contributed by atoms with Gasteiger partial charge in [-0.2, -0.15) is 0 Å². The second kappa shape index (κ2) is 3.35. The van der Waals surface area contributed by atoms with Crippen LogP contribution in [0.5, 0.6) is 0 Å². The lowest BCUT2D eigenvalue weighted by atomic mass is 10.1. The molecule has 0 fully saturated rings. The van der Waals surface area contributed by atoms with Crippen molar-refractivity contribution in [2.75, 3.05) is 0 Å². The third kappa shape index (κ3) is 1.45. The number of aromatic nitrogens is 1. The Kier molecular flexibility index (Phi) is 2.44. The molecule has 1 nitrogen and oxygen atoms in total. The Morgan fingerprint density at radius 3 is 2.42 bits per heavy atom. The Hall–Kier alpha value is -1.37. The largest absolute Gasteiger partial charge is 0.258 e. The zero-order valence-corrected chi connectivity index (χ0v) is 7.59. The molecule has 1 aromatic rings. The maximum atomic E-state index is 4.33. The van der Waals surface area contributed by atoms with E-state index in [1.165, 1.54) is 0 Å². The van der Waals surface area contributed by atoms with Gasteiger partial charge in [0.2, 0.25) is 0 Å². The summed E-state index contributed by atoms with van der Waals surface area (Å²) in [4.78, 5) is 4.33. The molecule has 0 aliphatic rings. The van der Waals surface area contributed by atoms with E-state index >= 15 is 0 Å². The predicted molar refractivity (Wildman–Crippen MR) is 53.9 cm³/mol. The molecule has 0 atom stereocenters. The van der Waals surface area contributed by atoms with Gasteiger partial charge >= 0.3 is 0 Å². The highest BCUT2D eigenvalue weighted by atomic mass is 14.7. The molecule has 12 heavy (non-hydrogen) atoms. The van der Waals surface area contributed by atoms with E-state index in [4.69, 9.17) is 0 Å². The Morgan fingerprint density at radius 2 is 1.92 bits per heavy atom. The van der Waals surface area contributed by atoms with E-state index in [1.807, 2.05) is 32.1 Å². The summed E-state index contributed by atoms with van der Waals surface area (Å²) < 4.78 is 0. The van der Waals surface area contributed by atoms with Crippen LogP contribution in [0, 0.1) is 13.8 Å². The van der Waals surface area contributed by atoms with Crippen LogP contribution in [0.2, 0.25) is 0 Å². The Morgan fingerprint density at radius 1 is 1.25 bits per heavy atom. The zero-order chi connectivity index (χ0) is 9.14. The van der Waals surface area contributed by atoms with Gasteiger partial charge in [-0.1, -0.05) is 25.3 Å². The molecular weight excluding hydrogens is 146 g/mol. The third-order valence-electron chi connectivity index (χ3n) is 1.83. The highest BCUT2D eigenvalue weighted by Gasteiger charge is 2.01. The van der Waals surface area contributed by atoms with Crippen LogP contribution in [0.3, 0.4) is 0 Å². The van der Waals surface area contributed by atoms with Crippen LogP contribution in [0.1, 0.15) is 22.5 Å². The molecule has 0 aromatic carbocycles. The summed E-state index contributed by atoms with van der Waals surface area (Å²) in [7, 11) is 0. The minimum absolute atomic E-state index is 1.01. The predicted octanol–water partition coefficient (Wildman–Crippen LogP) is 2.98. The van der Waals surface area contributed by atoms with Gasteiger partial charge < -0.3 is 0 Å². The van der Waals surface area contributed by atoms with E-state index in [9.17, 15) is 0 Å². The number of pyridine rings is 1. The third-order valence-corrected chi connectivity index (χ3v) is 1.83. The van der Waals surface area contributed by atoms with Crippen LogP contribution in [0.15, 0.2) is 19.2 Å². The average molecular weight is 159 g/mol. The first-order valence-corrected chi connectivity index (χ1v) is 3.92. The van der Waals surface area contributed by atoms with Crippen molar-refractivity contribution < 1.29 is 0 Å². The van der Waals surface area contributed by atoms with Gasteiger partial charge in [-0.15, -0.1) is 0 Å². The van der Waals surface area contributed by atoms with Gasteiger partial charge in [0.05, 0.1) is 0 Å². The maximum absolute atomic E-state index is 4.33. The fourth-order valence-corrected chi connectivity index (χ4v) is 1.30. The number of rotatable bonds is 2. The van der Waals surface area contributed by atoms with Crippen LogP contribution in [-0.4, -0.2) is 4.98 Å². The maximum Gasteiger partial charge on any atom is 0.0453 e. The van der Waals surface area contributed by atoms with Crippen LogP contribution < -0.4 is 0 Å². The zero-order valence-electron chi connectivity index (χ0n) is 7.59. The first kappa shape index (κ1) is 8.72. The first-order valence-electron chi connectivity index (χ1n) is 3.92. The van der Waals surface area contributed by atoms with E-state index in [0.29, 0.717) is 0 Å². The lowest BCUT2D eigenvalue weighted by molar-refractivity contribution is 1.11. The molecule has 1 rings (SSSR count). The molecule has 0 aliphatic heterocycles. The van der Waals surface area contributed by atoms with Gasteiger partial charge in [-0.3, -0.25) is 4.98 Å². The quantitative estimate of drug-likeness (QED) is 0.646. The van der Waals surface area contributed by atoms with Crippen molar-refractivity contribution >= 4 is 12.2 Å². The smallest absolute Gasteiger partial charge is 0.0453 e. The molecule has 0 radical (unpaired) electrons. The fraction of sp³-hybridized carbons (Fsp3) is 0.182. The van der Waals surface area contributed by atoms with Crippen LogP contribution in [0.4, 0.5) is 0 Å². The van der Waals surface area contributed by atoms with E-state index in [2.05, 4.69) is 18.1 Å². The van der Waals surface area contributed by atoms with Crippen molar-refractivity contribution in [3.8, 4) is 0 Å². The summed E-state index contributed by atoms with van der Waals surface area (Å²) in [6.07, 6.45) is 3.65. The molecule has 0 aliphatic carbocycles. The molecule has 0 saturated carbocycles. The summed E-state index contributed by atoms with van der Waals surface area (Å²) in [5.74, 6) is 0. The van der Waals surface area contributed by atoms with E-state index in [-0.39, 0.29) is 0 Å². The van der Waals surface area contributed by atoms with Crippen molar-refractivity contribution in [1.29, 1.82) is 0 Å². The van der Waals surface area contributed by atoms with Gasteiger partial charge in [0.1, 0.15) is 0 Å². The summed E-state index contributed by atoms with van der Waals surface area (Å²) in [6, 6.07) is 2.01.